The van der Waals surface area contributed by atoms with Crippen LogP contribution in [0.1, 0.15) is 45.6 Å². The van der Waals surface area contributed by atoms with Gasteiger partial charge >= 0.3 is 0 Å². The summed E-state index contributed by atoms with van der Waals surface area (Å²) in [5, 5.41) is 28.2. The van der Waals surface area contributed by atoms with E-state index in [1.807, 2.05) is 11.0 Å². The SMILES string of the molecule is CC(=O)N1CCCCC1.CC(C)Nc1cc(-n2ncc3cc(C#N)cnc32)ncc1-c1cn[nH]n1. The van der Waals surface area contributed by atoms with Crippen molar-refractivity contribution >= 4 is 22.6 Å². The Kier molecular flexibility index (Phi) is 7.30. The Morgan fingerprint density at radius 1 is 1.11 bits per heavy atom. The van der Waals surface area contributed by atoms with Crippen LogP contribution >= 0.6 is 0 Å². The molecule has 4 aromatic rings. The van der Waals surface area contributed by atoms with E-state index in [1.54, 1.807) is 36.3 Å². The summed E-state index contributed by atoms with van der Waals surface area (Å²) < 4.78 is 1.65. The molecule has 0 aliphatic carbocycles. The number of piperidine rings is 1. The van der Waals surface area contributed by atoms with Gasteiger partial charge in [0, 0.05) is 61.2 Å². The fraction of sp³-hybridized carbons (Fsp3) is 0.375. The predicted molar refractivity (Wildman–Crippen MR) is 132 cm³/mol. The highest BCUT2D eigenvalue weighted by Crippen LogP contribution is 2.28. The third kappa shape index (κ3) is 5.60. The molecule has 35 heavy (non-hydrogen) atoms. The first-order chi connectivity index (χ1) is 17.0. The first-order valence-corrected chi connectivity index (χ1v) is 11.6. The lowest BCUT2D eigenvalue weighted by atomic mass is 10.1. The summed E-state index contributed by atoms with van der Waals surface area (Å²) in [4.78, 5) is 21.5. The van der Waals surface area contributed by atoms with Crippen molar-refractivity contribution in [1.29, 1.82) is 5.26 Å². The van der Waals surface area contributed by atoms with Crippen molar-refractivity contribution in [3.8, 4) is 23.1 Å². The molecule has 0 saturated carbocycles. The van der Waals surface area contributed by atoms with Crippen molar-refractivity contribution in [3.63, 3.8) is 0 Å². The number of aromatic amines is 1. The van der Waals surface area contributed by atoms with Gasteiger partial charge < -0.3 is 10.2 Å². The molecule has 1 amide bonds. The van der Waals surface area contributed by atoms with E-state index in [1.165, 1.54) is 25.5 Å². The Bertz CT molecular complexity index is 1330. The van der Waals surface area contributed by atoms with E-state index >= 15 is 0 Å². The van der Waals surface area contributed by atoms with E-state index in [0.717, 1.165) is 29.7 Å². The van der Waals surface area contributed by atoms with Crippen LogP contribution in [0.4, 0.5) is 5.69 Å². The average molecular weight is 473 g/mol. The Hall–Kier alpha value is -4.33. The molecule has 0 spiro atoms. The lowest BCUT2D eigenvalue weighted by molar-refractivity contribution is -0.129. The van der Waals surface area contributed by atoms with Gasteiger partial charge in [0.2, 0.25) is 5.91 Å². The number of nitrogens with one attached hydrogen (secondary N) is 2. The zero-order chi connectivity index (χ0) is 24.8. The average Bonchev–Trinajstić information content (AvgIpc) is 3.54. The minimum atomic E-state index is 0.224. The summed E-state index contributed by atoms with van der Waals surface area (Å²) >= 11 is 0. The zero-order valence-corrected chi connectivity index (χ0v) is 20.1. The number of nitrogens with zero attached hydrogens (tertiary/aromatic N) is 8. The second-order valence-electron chi connectivity index (χ2n) is 8.61. The maximum Gasteiger partial charge on any atom is 0.219 e. The van der Waals surface area contributed by atoms with Crippen LogP contribution in [0.25, 0.3) is 28.1 Å². The van der Waals surface area contributed by atoms with E-state index in [4.69, 9.17) is 5.26 Å². The normalized spacial score (nSPS) is 13.3. The van der Waals surface area contributed by atoms with Crippen LogP contribution in [0.2, 0.25) is 0 Å². The van der Waals surface area contributed by atoms with Crippen LogP contribution in [-0.4, -0.2) is 65.1 Å². The monoisotopic (exact) mass is 472 g/mol. The van der Waals surface area contributed by atoms with E-state index in [2.05, 4.69) is 55.7 Å². The first-order valence-electron chi connectivity index (χ1n) is 11.6. The Morgan fingerprint density at radius 3 is 2.54 bits per heavy atom. The summed E-state index contributed by atoms with van der Waals surface area (Å²) in [6, 6.07) is 5.96. The molecule has 5 heterocycles. The second kappa shape index (κ2) is 10.7. The van der Waals surface area contributed by atoms with Gasteiger partial charge in [-0.3, -0.25) is 4.79 Å². The molecule has 1 aliphatic heterocycles. The highest BCUT2D eigenvalue weighted by atomic mass is 16.2. The molecule has 180 valence electrons. The van der Waals surface area contributed by atoms with Gasteiger partial charge in [-0.1, -0.05) is 0 Å². The second-order valence-corrected chi connectivity index (χ2v) is 8.61. The summed E-state index contributed by atoms with van der Waals surface area (Å²) in [5.41, 5.74) is 3.55. The number of likely N-dealkylation sites (tertiary alicyclic amines) is 1. The van der Waals surface area contributed by atoms with Crippen molar-refractivity contribution in [2.45, 2.75) is 46.1 Å². The first kappa shape index (κ1) is 23.8. The number of nitriles is 1. The number of hydrogen-bond acceptors (Lipinski definition) is 8. The highest BCUT2D eigenvalue weighted by molar-refractivity contribution is 5.79. The van der Waals surface area contributed by atoms with E-state index in [9.17, 15) is 4.79 Å². The third-order valence-electron chi connectivity index (χ3n) is 5.58. The predicted octanol–water partition coefficient (Wildman–Crippen LogP) is 3.31. The summed E-state index contributed by atoms with van der Waals surface area (Å²) in [7, 11) is 0. The maximum absolute atomic E-state index is 10.7. The number of carbonyl (C=O) groups excluding carboxylic acids is 1. The van der Waals surface area contributed by atoms with E-state index in [-0.39, 0.29) is 11.9 Å². The molecule has 0 aromatic carbocycles. The molecule has 11 heteroatoms. The summed E-state index contributed by atoms with van der Waals surface area (Å²) in [5.74, 6) is 0.849. The lowest BCUT2D eigenvalue weighted by Gasteiger charge is -2.24. The summed E-state index contributed by atoms with van der Waals surface area (Å²) in [6.07, 6.45) is 10.3. The molecule has 0 bridgehead atoms. The number of H-pyrrole nitrogens is 1. The van der Waals surface area contributed by atoms with Gasteiger partial charge in [-0.25, -0.2) is 9.97 Å². The van der Waals surface area contributed by atoms with Gasteiger partial charge in [0.25, 0.3) is 0 Å². The third-order valence-corrected chi connectivity index (χ3v) is 5.58. The molecule has 0 radical (unpaired) electrons. The molecule has 1 saturated heterocycles. The van der Waals surface area contributed by atoms with E-state index in [0.29, 0.717) is 22.7 Å². The molecular weight excluding hydrogens is 444 g/mol. The highest BCUT2D eigenvalue weighted by Gasteiger charge is 2.14. The number of hydrogen-bond donors (Lipinski definition) is 2. The van der Waals surface area contributed by atoms with Crippen molar-refractivity contribution in [3.05, 3.63) is 42.5 Å². The number of fused-ring (bicyclic) bond motifs is 1. The molecule has 11 nitrogen and oxygen atoms in total. The molecular formula is C24H28N10O. The molecule has 2 N–H and O–H groups in total. The molecule has 5 rings (SSSR count). The van der Waals surface area contributed by atoms with Crippen LogP contribution < -0.4 is 5.32 Å². The Balaban J connectivity index is 0.000000271. The van der Waals surface area contributed by atoms with Crippen molar-refractivity contribution in [2.24, 2.45) is 0 Å². The number of aromatic nitrogens is 7. The summed E-state index contributed by atoms with van der Waals surface area (Å²) in [6.45, 7) is 7.72. The lowest BCUT2D eigenvalue weighted by Crippen LogP contribution is -2.33. The largest absolute Gasteiger partial charge is 0.382 e. The van der Waals surface area contributed by atoms with Crippen LogP contribution in [0.15, 0.2) is 36.9 Å². The quantitative estimate of drug-likeness (QED) is 0.461. The Morgan fingerprint density at radius 2 is 1.91 bits per heavy atom. The van der Waals surface area contributed by atoms with Crippen molar-refractivity contribution in [2.75, 3.05) is 18.4 Å². The fourth-order valence-electron chi connectivity index (χ4n) is 3.88. The minimum absolute atomic E-state index is 0.224. The van der Waals surface area contributed by atoms with Gasteiger partial charge in [0.15, 0.2) is 11.5 Å². The van der Waals surface area contributed by atoms with Crippen molar-refractivity contribution in [1.82, 2.24) is 40.1 Å². The van der Waals surface area contributed by atoms with Crippen molar-refractivity contribution < 1.29 is 4.79 Å². The van der Waals surface area contributed by atoms with Crippen LogP contribution in [0.5, 0.6) is 0 Å². The number of pyridine rings is 2. The van der Waals surface area contributed by atoms with Gasteiger partial charge in [-0.2, -0.15) is 30.5 Å². The van der Waals surface area contributed by atoms with Gasteiger partial charge in [0.05, 0.1) is 18.0 Å². The van der Waals surface area contributed by atoms with Crippen LogP contribution in [0.3, 0.4) is 0 Å². The Labute approximate surface area is 203 Å². The maximum atomic E-state index is 10.7. The minimum Gasteiger partial charge on any atom is -0.382 e. The molecule has 1 aliphatic rings. The molecule has 0 unspecified atom stereocenters. The van der Waals surface area contributed by atoms with Gasteiger partial charge in [0.1, 0.15) is 11.8 Å². The molecule has 1 fully saturated rings. The molecule has 4 aromatic heterocycles. The van der Waals surface area contributed by atoms with Gasteiger partial charge in [-0.15, -0.1) is 0 Å². The number of anilines is 1. The van der Waals surface area contributed by atoms with Crippen LogP contribution in [-0.2, 0) is 4.79 Å². The zero-order valence-electron chi connectivity index (χ0n) is 20.1. The van der Waals surface area contributed by atoms with E-state index < -0.39 is 0 Å². The number of carbonyl (C=O) groups is 1. The fourth-order valence-corrected chi connectivity index (χ4v) is 3.88. The topological polar surface area (TPSA) is 141 Å². The number of rotatable bonds is 4. The van der Waals surface area contributed by atoms with Crippen LogP contribution in [0, 0.1) is 11.3 Å². The van der Waals surface area contributed by atoms with Gasteiger partial charge in [-0.05, 0) is 39.2 Å². The standard InChI is InChI=1S/C17H15N9.C7H13NO/c1-10(2)23-14-4-16(19-8-13(14)15-9-21-25-24-15)26-17-12(7-22-26)3-11(5-18)6-20-17;1-7(9)8-5-3-2-4-6-8/h3-4,6-10H,1-2H3,(H,19,23)(H,21,24,25);2-6H2,1H3. The smallest absolute Gasteiger partial charge is 0.219 e. The number of amides is 1. The molecule has 0 atom stereocenters.